The summed E-state index contributed by atoms with van der Waals surface area (Å²) in [6.45, 7) is 4.29. The van der Waals surface area contributed by atoms with Gasteiger partial charge in [0.15, 0.2) is 0 Å². The third-order valence-electron chi connectivity index (χ3n) is 1.41. The molecule has 1 atom stereocenters. The number of rotatable bonds is 4. The molecule has 0 aliphatic heterocycles. The molecular weight excluding hydrogens is 158 g/mol. The molecule has 0 aromatic carbocycles. The van der Waals surface area contributed by atoms with Crippen LogP contribution in [-0.2, 0) is 4.74 Å². The minimum absolute atomic E-state index is 0.255. The molecule has 1 amide bonds. The summed E-state index contributed by atoms with van der Waals surface area (Å²) in [5.41, 5.74) is 0. The van der Waals surface area contributed by atoms with E-state index < -0.39 is 12.2 Å². The molecule has 0 saturated carbocycles. The highest BCUT2D eigenvalue weighted by atomic mass is 16.5. The summed E-state index contributed by atoms with van der Waals surface area (Å²) in [6, 6.07) is 0. The number of hydrogen-bond acceptors (Lipinski definition) is 3. The largest absolute Gasteiger partial charge is 0.453 e. The van der Waals surface area contributed by atoms with Crippen LogP contribution < -0.4 is 5.32 Å². The number of alkyl carbamates (subject to hydrolysis) is 1. The van der Waals surface area contributed by atoms with Crippen LogP contribution in [0.1, 0.15) is 20.3 Å². The Morgan fingerprint density at radius 3 is 2.58 bits per heavy atom. The lowest BCUT2D eigenvalue weighted by molar-refractivity contribution is 0.132. The van der Waals surface area contributed by atoms with Crippen LogP contribution in [-0.4, -0.2) is 31.0 Å². The fourth-order valence-electron chi connectivity index (χ4n) is 0.901. The van der Waals surface area contributed by atoms with Crippen LogP contribution in [0.2, 0.25) is 0 Å². The van der Waals surface area contributed by atoms with E-state index in [1.807, 2.05) is 13.8 Å². The molecular formula is C8H17NO3. The van der Waals surface area contributed by atoms with Crippen LogP contribution >= 0.6 is 0 Å². The Kier molecular flexibility index (Phi) is 5.45. The van der Waals surface area contributed by atoms with Crippen molar-refractivity contribution in [1.82, 2.24) is 5.32 Å². The van der Waals surface area contributed by atoms with Crippen molar-refractivity contribution in [2.45, 2.75) is 26.4 Å². The van der Waals surface area contributed by atoms with Gasteiger partial charge in [-0.2, -0.15) is 0 Å². The van der Waals surface area contributed by atoms with Crippen molar-refractivity contribution < 1.29 is 14.6 Å². The van der Waals surface area contributed by atoms with Crippen LogP contribution in [0.4, 0.5) is 4.79 Å². The Bertz CT molecular complexity index is 136. The van der Waals surface area contributed by atoms with Crippen molar-refractivity contribution in [3.05, 3.63) is 0 Å². The summed E-state index contributed by atoms with van der Waals surface area (Å²) < 4.78 is 4.34. The lowest BCUT2D eigenvalue weighted by Crippen LogP contribution is -2.32. The van der Waals surface area contributed by atoms with E-state index in [2.05, 4.69) is 10.1 Å². The molecule has 12 heavy (non-hydrogen) atoms. The standard InChI is InChI=1S/C8H17NO3/c1-6(2)4-7(10)5-9-8(11)12-3/h6-7,10H,4-5H2,1-3H3,(H,9,11). The zero-order valence-electron chi connectivity index (χ0n) is 7.83. The van der Waals surface area contributed by atoms with Crippen molar-refractivity contribution >= 4 is 6.09 Å². The summed E-state index contributed by atoms with van der Waals surface area (Å²) in [5.74, 6) is 0.430. The maximum atomic E-state index is 10.6. The third kappa shape index (κ3) is 5.97. The molecule has 4 heteroatoms. The van der Waals surface area contributed by atoms with Crippen molar-refractivity contribution in [3.63, 3.8) is 0 Å². The van der Waals surface area contributed by atoms with Gasteiger partial charge in [0.1, 0.15) is 0 Å². The van der Waals surface area contributed by atoms with E-state index in [1.54, 1.807) is 0 Å². The number of amides is 1. The second-order valence-electron chi connectivity index (χ2n) is 3.16. The normalized spacial score (nSPS) is 12.8. The van der Waals surface area contributed by atoms with Crippen molar-refractivity contribution in [2.75, 3.05) is 13.7 Å². The molecule has 0 rings (SSSR count). The highest BCUT2D eigenvalue weighted by molar-refractivity contribution is 5.66. The van der Waals surface area contributed by atoms with Gasteiger partial charge in [-0.15, -0.1) is 0 Å². The first-order valence-corrected chi connectivity index (χ1v) is 4.06. The molecule has 0 aromatic rings. The molecule has 0 aliphatic rings. The Hall–Kier alpha value is -0.770. The highest BCUT2D eigenvalue weighted by Crippen LogP contribution is 2.02. The maximum Gasteiger partial charge on any atom is 0.406 e. The number of nitrogens with one attached hydrogen (secondary N) is 1. The molecule has 0 spiro atoms. The number of aliphatic hydroxyl groups excluding tert-OH is 1. The van der Waals surface area contributed by atoms with Crippen molar-refractivity contribution in [3.8, 4) is 0 Å². The average molecular weight is 175 g/mol. The predicted octanol–water partition coefficient (Wildman–Crippen LogP) is 0.749. The predicted molar refractivity (Wildman–Crippen MR) is 45.9 cm³/mol. The van der Waals surface area contributed by atoms with Gasteiger partial charge in [0.25, 0.3) is 0 Å². The van der Waals surface area contributed by atoms with E-state index in [-0.39, 0.29) is 6.54 Å². The lowest BCUT2D eigenvalue weighted by Gasteiger charge is -2.12. The van der Waals surface area contributed by atoms with Gasteiger partial charge in [-0.05, 0) is 12.3 Å². The first kappa shape index (κ1) is 11.2. The zero-order chi connectivity index (χ0) is 9.56. The molecule has 1 unspecified atom stereocenters. The molecule has 0 fully saturated rings. The summed E-state index contributed by atoms with van der Waals surface area (Å²) in [4.78, 5) is 10.6. The van der Waals surface area contributed by atoms with Gasteiger partial charge in [0.2, 0.25) is 0 Å². The SMILES string of the molecule is COC(=O)NCC(O)CC(C)C. The molecule has 0 heterocycles. The Morgan fingerprint density at radius 1 is 1.58 bits per heavy atom. The number of carbonyl (C=O) groups is 1. The third-order valence-corrected chi connectivity index (χ3v) is 1.41. The summed E-state index contributed by atoms with van der Waals surface area (Å²) in [6.07, 6.45) is -0.300. The monoisotopic (exact) mass is 175 g/mol. The van der Waals surface area contributed by atoms with Gasteiger partial charge in [-0.3, -0.25) is 0 Å². The molecule has 4 nitrogen and oxygen atoms in total. The topological polar surface area (TPSA) is 58.6 Å². The minimum atomic E-state index is -0.502. The van der Waals surface area contributed by atoms with Crippen LogP contribution in [0.15, 0.2) is 0 Å². The second-order valence-corrected chi connectivity index (χ2v) is 3.16. The van der Waals surface area contributed by atoms with Gasteiger partial charge in [-0.1, -0.05) is 13.8 Å². The smallest absolute Gasteiger partial charge is 0.406 e. The Labute approximate surface area is 72.9 Å². The molecule has 0 bridgehead atoms. The summed E-state index contributed by atoms with van der Waals surface area (Å²) in [7, 11) is 1.30. The van der Waals surface area contributed by atoms with Crippen molar-refractivity contribution in [2.24, 2.45) is 5.92 Å². The summed E-state index contributed by atoms with van der Waals surface area (Å²) >= 11 is 0. The van der Waals surface area contributed by atoms with Gasteiger partial charge >= 0.3 is 6.09 Å². The lowest BCUT2D eigenvalue weighted by atomic mass is 10.1. The summed E-state index contributed by atoms with van der Waals surface area (Å²) in [5, 5.41) is 11.7. The number of carbonyl (C=O) groups excluding carboxylic acids is 1. The molecule has 0 radical (unpaired) electrons. The van der Waals surface area contributed by atoms with E-state index >= 15 is 0 Å². The fourth-order valence-corrected chi connectivity index (χ4v) is 0.901. The Morgan fingerprint density at radius 2 is 2.17 bits per heavy atom. The van der Waals surface area contributed by atoms with E-state index in [0.29, 0.717) is 12.3 Å². The molecule has 0 aromatic heterocycles. The van der Waals surface area contributed by atoms with Gasteiger partial charge < -0.3 is 15.2 Å². The Balaban J connectivity index is 3.43. The first-order valence-electron chi connectivity index (χ1n) is 4.06. The molecule has 0 aliphatic carbocycles. The maximum absolute atomic E-state index is 10.6. The molecule has 2 N–H and O–H groups in total. The van der Waals surface area contributed by atoms with Gasteiger partial charge in [0.05, 0.1) is 13.2 Å². The van der Waals surface area contributed by atoms with E-state index in [4.69, 9.17) is 0 Å². The van der Waals surface area contributed by atoms with Crippen LogP contribution in [0.3, 0.4) is 0 Å². The number of hydrogen-bond donors (Lipinski definition) is 2. The highest BCUT2D eigenvalue weighted by Gasteiger charge is 2.08. The van der Waals surface area contributed by atoms with E-state index in [9.17, 15) is 9.90 Å². The fraction of sp³-hybridized carbons (Fsp3) is 0.875. The number of ether oxygens (including phenoxy) is 1. The van der Waals surface area contributed by atoms with E-state index in [1.165, 1.54) is 7.11 Å². The van der Waals surface area contributed by atoms with E-state index in [0.717, 1.165) is 0 Å². The number of aliphatic hydroxyl groups is 1. The number of methoxy groups -OCH3 is 1. The minimum Gasteiger partial charge on any atom is -0.453 e. The zero-order valence-corrected chi connectivity index (χ0v) is 7.83. The quantitative estimate of drug-likeness (QED) is 0.662. The van der Waals surface area contributed by atoms with Gasteiger partial charge in [-0.25, -0.2) is 4.79 Å². The van der Waals surface area contributed by atoms with Crippen molar-refractivity contribution in [1.29, 1.82) is 0 Å². The van der Waals surface area contributed by atoms with Gasteiger partial charge in [0, 0.05) is 6.54 Å². The first-order chi connectivity index (χ1) is 5.56. The van der Waals surface area contributed by atoms with Crippen LogP contribution in [0.25, 0.3) is 0 Å². The van der Waals surface area contributed by atoms with Crippen LogP contribution in [0.5, 0.6) is 0 Å². The second kappa shape index (κ2) is 5.83. The van der Waals surface area contributed by atoms with Crippen LogP contribution in [0, 0.1) is 5.92 Å². The average Bonchev–Trinajstić information content (AvgIpc) is 1.99. The molecule has 72 valence electrons. The molecule has 0 saturated heterocycles.